The number of hydrogen-bond donors (Lipinski definition) is 3. The molecule has 0 amide bonds. The molecule has 1 unspecified atom stereocenters. The summed E-state index contributed by atoms with van der Waals surface area (Å²) < 4.78 is 21.5. The molecule has 116 valence electrons. The van der Waals surface area contributed by atoms with Gasteiger partial charge in [0.1, 0.15) is 0 Å². The molecule has 0 spiro atoms. The predicted molar refractivity (Wildman–Crippen MR) is 79.6 cm³/mol. The number of hydrogen-bond acceptors (Lipinski definition) is 3. The maximum atomic E-state index is 10.9. The van der Waals surface area contributed by atoms with Crippen LogP contribution in [-0.4, -0.2) is 20.0 Å². The van der Waals surface area contributed by atoms with Crippen LogP contribution in [0.4, 0.5) is 0 Å². The van der Waals surface area contributed by atoms with Gasteiger partial charge in [-0.2, -0.15) is 0 Å². The average Bonchev–Trinajstić information content (AvgIpc) is 2.39. The highest BCUT2D eigenvalue weighted by molar-refractivity contribution is 7.63. The third-order valence-corrected chi connectivity index (χ3v) is 5.26. The smallest absolute Gasteiger partial charge is 0.358 e. The fourth-order valence-corrected chi connectivity index (χ4v) is 2.45. The number of unbranched alkanes of at least 4 members (excludes halogenated alkanes) is 8. The molecular formula is C13H24O5P2. The van der Waals surface area contributed by atoms with E-state index < -0.39 is 21.1 Å². The molecule has 0 aromatic carbocycles. The van der Waals surface area contributed by atoms with Crippen LogP contribution in [0.1, 0.15) is 64.7 Å². The Labute approximate surface area is 122 Å². The highest BCUT2D eigenvalue weighted by atomic mass is 31.2. The topological polar surface area (TPSA) is 94.8 Å². The summed E-state index contributed by atoms with van der Waals surface area (Å²) in [6.45, 7) is 2.18. The minimum Gasteiger partial charge on any atom is -0.358 e. The van der Waals surface area contributed by atoms with Gasteiger partial charge in [-0.15, -0.1) is 0 Å². The quantitative estimate of drug-likeness (QED) is 0.324. The molecule has 0 aliphatic carbocycles. The maximum Gasteiger partial charge on any atom is 0.381 e. The lowest BCUT2D eigenvalue weighted by atomic mass is 10.1. The van der Waals surface area contributed by atoms with Crippen molar-refractivity contribution in [3.8, 4) is 11.8 Å². The Bertz CT molecular complexity index is 382. The van der Waals surface area contributed by atoms with E-state index in [0.717, 1.165) is 19.3 Å². The molecule has 0 rings (SSSR count). The molecule has 0 aromatic heterocycles. The van der Waals surface area contributed by atoms with Gasteiger partial charge < -0.3 is 14.9 Å². The van der Waals surface area contributed by atoms with E-state index in [4.69, 9.17) is 9.79 Å². The fourth-order valence-electron chi connectivity index (χ4n) is 1.68. The summed E-state index contributed by atoms with van der Waals surface area (Å²) in [6.07, 6.45) is 9.59. The Morgan fingerprint density at radius 1 is 1.05 bits per heavy atom. The van der Waals surface area contributed by atoms with Gasteiger partial charge in [0.15, 0.2) is 0 Å². The van der Waals surface area contributed by atoms with Gasteiger partial charge >= 0.3 is 12.7 Å². The molecule has 0 aliphatic heterocycles. The van der Waals surface area contributed by atoms with E-state index in [9.17, 15) is 14.2 Å². The van der Waals surface area contributed by atoms with Crippen LogP contribution in [-0.2, 0) is 9.13 Å². The molecule has 0 fully saturated rings. The molecule has 0 bridgehead atoms. The summed E-state index contributed by atoms with van der Waals surface area (Å²) in [5.74, 6) is 4.52. The van der Waals surface area contributed by atoms with E-state index in [1.807, 2.05) is 5.92 Å². The summed E-state index contributed by atoms with van der Waals surface area (Å²) in [4.78, 5) is 17.7. The number of aliphatic hydroxyl groups is 1. The second-order valence-electron chi connectivity index (χ2n) is 4.80. The lowest BCUT2D eigenvalue weighted by molar-refractivity contribution is 0.214. The normalized spacial score (nSPS) is 14.6. The minimum absolute atomic E-state index is 0.437. The van der Waals surface area contributed by atoms with Crippen LogP contribution < -0.4 is 0 Å². The zero-order valence-corrected chi connectivity index (χ0v) is 13.7. The molecule has 0 radical (unpaired) electrons. The Kier molecular flexibility index (Phi) is 10.4. The van der Waals surface area contributed by atoms with E-state index >= 15 is 0 Å². The molecule has 20 heavy (non-hydrogen) atoms. The Balaban J connectivity index is 3.83. The summed E-state index contributed by atoms with van der Waals surface area (Å²) in [6, 6.07) is 0. The summed E-state index contributed by atoms with van der Waals surface area (Å²) in [7, 11) is -5.98. The zero-order chi connectivity index (χ0) is 15.5. The molecule has 0 saturated carbocycles. The molecule has 0 aliphatic rings. The molecule has 7 heteroatoms. The second-order valence-corrected chi connectivity index (χ2v) is 7.72. The van der Waals surface area contributed by atoms with Crippen molar-refractivity contribution in [3.63, 3.8) is 0 Å². The van der Waals surface area contributed by atoms with Crippen molar-refractivity contribution in [2.24, 2.45) is 0 Å². The first-order valence-electron chi connectivity index (χ1n) is 7.00. The first-order valence-corrected chi connectivity index (χ1v) is 9.42. The van der Waals surface area contributed by atoms with Crippen molar-refractivity contribution in [2.75, 3.05) is 0 Å². The monoisotopic (exact) mass is 322 g/mol. The van der Waals surface area contributed by atoms with E-state index in [1.54, 1.807) is 0 Å². The molecule has 5 nitrogen and oxygen atoms in total. The second kappa shape index (κ2) is 10.5. The molecular weight excluding hydrogens is 298 g/mol. The van der Waals surface area contributed by atoms with Crippen LogP contribution in [0.2, 0.25) is 0 Å². The summed E-state index contributed by atoms with van der Waals surface area (Å²) >= 11 is 0. The molecule has 0 heterocycles. The van der Waals surface area contributed by atoms with Crippen molar-refractivity contribution >= 4 is 16.1 Å². The molecule has 1 atom stereocenters. The van der Waals surface area contributed by atoms with Gasteiger partial charge in [0.05, 0.1) is 0 Å². The third kappa shape index (κ3) is 8.15. The largest absolute Gasteiger partial charge is 0.381 e. The van der Waals surface area contributed by atoms with E-state index in [1.165, 1.54) is 32.1 Å². The minimum atomic E-state index is -4.91. The summed E-state index contributed by atoms with van der Waals surface area (Å²) in [5.41, 5.74) is 0. The summed E-state index contributed by atoms with van der Waals surface area (Å²) in [5, 5.41) is 6.66. The predicted octanol–water partition coefficient (Wildman–Crippen LogP) is 3.64. The SMILES string of the molecule is CCCCCCCCCCC#CC(O)(P=O)P(=O)(O)O. The van der Waals surface area contributed by atoms with Crippen molar-refractivity contribution in [1.82, 2.24) is 0 Å². The van der Waals surface area contributed by atoms with Crippen molar-refractivity contribution in [3.05, 3.63) is 0 Å². The van der Waals surface area contributed by atoms with Gasteiger partial charge in [0.25, 0.3) is 0 Å². The zero-order valence-electron chi connectivity index (χ0n) is 11.9. The molecule has 0 saturated heterocycles. The van der Waals surface area contributed by atoms with Gasteiger partial charge in [-0.05, 0) is 12.3 Å². The standard InChI is InChI=1S/C13H24O5P2/c1-2-3-4-5-6-7-8-9-10-11-12-13(14,19-15)20(16,17)18/h14H,2-10H2,1H3,(H2,16,17,18). The third-order valence-electron chi connectivity index (χ3n) is 2.94. The van der Waals surface area contributed by atoms with Crippen LogP contribution in [0.25, 0.3) is 0 Å². The van der Waals surface area contributed by atoms with Gasteiger partial charge in [-0.25, -0.2) is 0 Å². The van der Waals surface area contributed by atoms with Crippen LogP contribution in [0.5, 0.6) is 0 Å². The Hall–Kier alpha value is -0.230. The van der Waals surface area contributed by atoms with Gasteiger partial charge in [-0.3, -0.25) is 9.13 Å². The van der Waals surface area contributed by atoms with Gasteiger partial charge in [0, 0.05) is 6.42 Å². The fraction of sp³-hybridized carbons (Fsp3) is 0.846. The van der Waals surface area contributed by atoms with Gasteiger partial charge in [0.2, 0.25) is 8.46 Å². The lowest BCUT2D eigenvalue weighted by Gasteiger charge is -2.14. The molecule has 0 aromatic rings. The first-order chi connectivity index (χ1) is 9.37. The van der Waals surface area contributed by atoms with E-state index in [-0.39, 0.29) is 0 Å². The highest BCUT2D eigenvalue weighted by Crippen LogP contribution is 2.54. The van der Waals surface area contributed by atoms with Crippen molar-refractivity contribution < 1.29 is 24.0 Å². The van der Waals surface area contributed by atoms with Crippen LogP contribution >= 0.6 is 16.1 Å². The lowest BCUT2D eigenvalue weighted by Crippen LogP contribution is -2.18. The number of rotatable bonds is 10. The average molecular weight is 322 g/mol. The van der Waals surface area contributed by atoms with Gasteiger partial charge in [-0.1, -0.05) is 57.8 Å². The maximum absolute atomic E-state index is 10.9. The Morgan fingerprint density at radius 2 is 1.55 bits per heavy atom. The van der Waals surface area contributed by atoms with Crippen molar-refractivity contribution in [1.29, 1.82) is 0 Å². The highest BCUT2D eigenvalue weighted by Gasteiger charge is 2.45. The Morgan fingerprint density at radius 3 is 2.00 bits per heavy atom. The van der Waals surface area contributed by atoms with Crippen LogP contribution in [0.3, 0.4) is 0 Å². The van der Waals surface area contributed by atoms with E-state index in [2.05, 4.69) is 12.8 Å². The van der Waals surface area contributed by atoms with Crippen molar-refractivity contribution in [2.45, 2.75) is 69.8 Å². The van der Waals surface area contributed by atoms with E-state index in [0.29, 0.717) is 6.42 Å². The van der Waals surface area contributed by atoms with Crippen LogP contribution in [0, 0.1) is 11.8 Å². The molecule has 3 N–H and O–H groups in total. The van der Waals surface area contributed by atoms with Crippen LogP contribution in [0.15, 0.2) is 0 Å². The first kappa shape index (κ1) is 19.8.